The van der Waals surface area contributed by atoms with Crippen LogP contribution in [0.15, 0.2) is 28.8 Å². The van der Waals surface area contributed by atoms with Crippen LogP contribution in [0.4, 0.5) is 11.5 Å². The highest BCUT2D eigenvalue weighted by atomic mass is 35.5. The summed E-state index contributed by atoms with van der Waals surface area (Å²) in [5.41, 5.74) is -0.648. The minimum atomic E-state index is -1.10. The zero-order chi connectivity index (χ0) is 16.6. The van der Waals surface area contributed by atoms with Gasteiger partial charge in [-0.05, 0) is 38.0 Å². The van der Waals surface area contributed by atoms with E-state index in [1.807, 2.05) is 0 Å². The van der Waals surface area contributed by atoms with E-state index in [2.05, 4.69) is 15.8 Å². The first-order chi connectivity index (χ1) is 10.9. The van der Waals surface area contributed by atoms with E-state index in [1.165, 1.54) is 0 Å². The summed E-state index contributed by atoms with van der Waals surface area (Å²) in [5.74, 6) is 0.0607. The first-order valence-corrected chi connectivity index (χ1v) is 7.67. The molecule has 3 rings (SSSR count). The lowest BCUT2D eigenvalue weighted by atomic mass is 10.1. The Labute approximate surface area is 142 Å². The molecule has 1 heterocycles. The fourth-order valence-corrected chi connectivity index (χ4v) is 2.75. The van der Waals surface area contributed by atoms with Gasteiger partial charge in [-0.2, -0.15) is 0 Å². The number of anilines is 2. The quantitative estimate of drug-likeness (QED) is 0.821. The maximum absolute atomic E-state index is 12.5. The number of nitrogens with zero attached hydrogens (tertiary/aromatic N) is 1. The number of rotatable bonds is 4. The standard InChI is InChI=1S/C15H13Cl2N3O3/c1-8-4-12(20-23-8)19-14(22)15(2-3-15)13(21)18-11-6-9(16)5-10(17)7-11/h4-7H,2-3H2,1H3,(H,18,21)(H,19,20,22). The topological polar surface area (TPSA) is 84.2 Å². The summed E-state index contributed by atoms with van der Waals surface area (Å²) in [7, 11) is 0. The molecule has 1 aromatic heterocycles. The van der Waals surface area contributed by atoms with E-state index in [0.717, 1.165) is 0 Å². The summed E-state index contributed by atoms with van der Waals surface area (Å²) in [6.07, 6.45) is 0.936. The maximum Gasteiger partial charge on any atom is 0.241 e. The van der Waals surface area contributed by atoms with Crippen LogP contribution in [-0.4, -0.2) is 17.0 Å². The third kappa shape index (κ3) is 3.33. The number of hydrogen-bond acceptors (Lipinski definition) is 4. The smallest absolute Gasteiger partial charge is 0.241 e. The molecule has 0 radical (unpaired) electrons. The van der Waals surface area contributed by atoms with Crippen molar-refractivity contribution >= 4 is 46.5 Å². The molecule has 1 aliphatic carbocycles. The van der Waals surface area contributed by atoms with Gasteiger partial charge in [-0.15, -0.1) is 0 Å². The van der Waals surface area contributed by atoms with Crippen LogP contribution in [0.5, 0.6) is 0 Å². The van der Waals surface area contributed by atoms with Crippen molar-refractivity contribution in [2.75, 3.05) is 10.6 Å². The van der Waals surface area contributed by atoms with Crippen molar-refractivity contribution in [3.05, 3.63) is 40.1 Å². The average molecular weight is 354 g/mol. The molecule has 6 nitrogen and oxygen atoms in total. The summed E-state index contributed by atoms with van der Waals surface area (Å²) in [6, 6.07) is 6.29. The molecule has 1 saturated carbocycles. The molecule has 0 atom stereocenters. The van der Waals surface area contributed by atoms with E-state index in [4.69, 9.17) is 27.7 Å². The van der Waals surface area contributed by atoms with Crippen molar-refractivity contribution in [3.63, 3.8) is 0 Å². The third-order valence-corrected chi connectivity index (χ3v) is 4.05. The second kappa shape index (κ2) is 5.86. The SMILES string of the molecule is Cc1cc(NC(=O)C2(C(=O)Nc3cc(Cl)cc(Cl)c3)CC2)no1. The highest BCUT2D eigenvalue weighted by molar-refractivity contribution is 6.35. The Balaban J connectivity index is 1.71. The summed E-state index contributed by atoms with van der Waals surface area (Å²) in [5, 5.41) is 9.78. The summed E-state index contributed by atoms with van der Waals surface area (Å²) < 4.78 is 4.89. The molecule has 0 saturated heterocycles. The first-order valence-electron chi connectivity index (χ1n) is 6.91. The Kier molecular flexibility index (Phi) is 4.04. The highest BCUT2D eigenvalue weighted by Crippen LogP contribution is 2.47. The van der Waals surface area contributed by atoms with Gasteiger partial charge in [0.1, 0.15) is 11.2 Å². The number of carbonyl (C=O) groups is 2. The molecule has 120 valence electrons. The Morgan fingerprint density at radius 2 is 1.70 bits per heavy atom. The summed E-state index contributed by atoms with van der Waals surface area (Å²) in [4.78, 5) is 24.8. The molecule has 0 aliphatic heterocycles. The normalized spacial score (nSPS) is 15.1. The van der Waals surface area contributed by atoms with Crippen LogP contribution >= 0.6 is 23.2 Å². The fourth-order valence-electron chi connectivity index (χ4n) is 2.22. The predicted octanol–water partition coefficient (Wildman–Crippen LogP) is 3.65. The number of hydrogen-bond donors (Lipinski definition) is 2. The van der Waals surface area contributed by atoms with Gasteiger partial charge in [0.2, 0.25) is 11.8 Å². The summed E-state index contributed by atoms with van der Waals surface area (Å²) in [6.45, 7) is 1.71. The van der Waals surface area contributed by atoms with Gasteiger partial charge in [0.15, 0.2) is 5.82 Å². The zero-order valence-electron chi connectivity index (χ0n) is 12.2. The molecule has 0 bridgehead atoms. The van der Waals surface area contributed by atoms with E-state index in [-0.39, 0.29) is 5.82 Å². The van der Waals surface area contributed by atoms with E-state index in [0.29, 0.717) is 34.3 Å². The Morgan fingerprint density at radius 1 is 1.09 bits per heavy atom. The first kappa shape index (κ1) is 15.8. The average Bonchev–Trinajstić information content (AvgIpc) is 3.17. The van der Waals surface area contributed by atoms with Gasteiger partial charge in [0.25, 0.3) is 0 Å². The minimum absolute atomic E-state index is 0.289. The lowest BCUT2D eigenvalue weighted by molar-refractivity contribution is -0.131. The second-order valence-corrected chi connectivity index (χ2v) is 6.34. The number of benzene rings is 1. The van der Waals surface area contributed by atoms with Crippen LogP contribution < -0.4 is 10.6 Å². The van der Waals surface area contributed by atoms with Gasteiger partial charge >= 0.3 is 0 Å². The van der Waals surface area contributed by atoms with Crippen molar-refractivity contribution in [1.29, 1.82) is 0 Å². The zero-order valence-corrected chi connectivity index (χ0v) is 13.7. The van der Waals surface area contributed by atoms with Crippen molar-refractivity contribution in [3.8, 4) is 0 Å². The van der Waals surface area contributed by atoms with E-state index in [1.54, 1.807) is 31.2 Å². The molecule has 1 aromatic carbocycles. The van der Waals surface area contributed by atoms with Crippen molar-refractivity contribution < 1.29 is 14.1 Å². The van der Waals surface area contributed by atoms with Gasteiger partial charge in [0.05, 0.1) is 0 Å². The van der Waals surface area contributed by atoms with Crippen LogP contribution in [0.25, 0.3) is 0 Å². The molecule has 8 heteroatoms. The Hall–Kier alpha value is -2.05. The predicted molar refractivity (Wildman–Crippen MR) is 86.6 cm³/mol. The molecule has 0 unspecified atom stereocenters. The molecule has 2 amide bonds. The van der Waals surface area contributed by atoms with Crippen LogP contribution in [0.2, 0.25) is 10.0 Å². The second-order valence-electron chi connectivity index (χ2n) is 5.47. The molecular formula is C15H13Cl2N3O3. The van der Waals surface area contributed by atoms with Crippen molar-refractivity contribution in [1.82, 2.24) is 5.16 Å². The molecule has 0 spiro atoms. The monoisotopic (exact) mass is 353 g/mol. The van der Waals surface area contributed by atoms with E-state index >= 15 is 0 Å². The van der Waals surface area contributed by atoms with Crippen molar-refractivity contribution in [2.45, 2.75) is 19.8 Å². The highest BCUT2D eigenvalue weighted by Gasteiger charge is 2.56. The number of aromatic nitrogens is 1. The Morgan fingerprint density at radius 3 is 2.22 bits per heavy atom. The van der Waals surface area contributed by atoms with Crippen LogP contribution in [0.1, 0.15) is 18.6 Å². The van der Waals surface area contributed by atoms with E-state index < -0.39 is 17.2 Å². The van der Waals surface area contributed by atoms with Gasteiger partial charge < -0.3 is 15.2 Å². The van der Waals surface area contributed by atoms with Gasteiger partial charge in [-0.1, -0.05) is 28.4 Å². The van der Waals surface area contributed by atoms with E-state index in [9.17, 15) is 9.59 Å². The number of nitrogens with one attached hydrogen (secondary N) is 2. The molecule has 1 fully saturated rings. The summed E-state index contributed by atoms with van der Waals surface area (Å²) >= 11 is 11.8. The molecule has 1 aliphatic rings. The number of aryl methyl sites for hydroxylation is 1. The molecule has 2 aromatic rings. The maximum atomic E-state index is 12.5. The molecule has 2 N–H and O–H groups in total. The molecule has 23 heavy (non-hydrogen) atoms. The number of halogens is 2. The van der Waals surface area contributed by atoms with Gasteiger partial charge in [0, 0.05) is 21.8 Å². The largest absolute Gasteiger partial charge is 0.360 e. The Bertz CT molecular complexity index is 764. The molecular weight excluding hydrogens is 341 g/mol. The number of carbonyl (C=O) groups excluding carboxylic acids is 2. The fraction of sp³-hybridized carbons (Fsp3) is 0.267. The lowest BCUT2D eigenvalue weighted by Gasteiger charge is -2.14. The van der Waals surface area contributed by atoms with Crippen LogP contribution in [0.3, 0.4) is 0 Å². The van der Waals surface area contributed by atoms with Crippen molar-refractivity contribution in [2.24, 2.45) is 5.41 Å². The lowest BCUT2D eigenvalue weighted by Crippen LogP contribution is -2.35. The number of amides is 2. The van der Waals surface area contributed by atoms with Gasteiger partial charge in [-0.3, -0.25) is 9.59 Å². The minimum Gasteiger partial charge on any atom is -0.360 e. The third-order valence-electron chi connectivity index (χ3n) is 3.61. The van der Waals surface area contributed by atoms with Crippen LogP contribution in [0, 0.1) is 12.3 Å². The van der Waals surface area contributed by atoms with Crippen LogP contribution in [-0.2, 0) is 9.59 Å². The van der Waals surface area contributed by atoms with Gasteiger partial charge in [-0.25, -0.2) is 0 Å².